The van der Waals surface area contributed by atoms with E-state index in [1.807, 2.05) is 0 Å². The van der Waals surface area contributed by atoms with Gasteiger partial charge in [0.05, 0.1) is 6.61 Å². The molecule has 0 heterocycles. The van der Waals surface area contributed by atoms with Crippen LogP contribution in [0.3, 0.4) is 0 Å². The van der Waals surface area contributed by atoms with Crippen molar-refractivity contribution in [2.45, 2.75) is 31.8 Å². The van der Waals surface area contributed by atoms with Crippen molar-refractivity contribution >= 4 is 47.3 Å². The first-order chi connectivity index (χ1) is 15.0. The number of carboxylic acids is 1. The van der Waals surface area contributed by atoms with E-state index >= 15 is 0 Å². The Morgan fingerprint density at radius 3 is 2.47 bits per heavy atom. The lowest BCUT2D eigenvalue weighted by molar-refractivity contribution is -0.139. The molecule has 0 aromatic carbocycles. The molecule has 0 saturated heterocycles. The highest BCUT2D eigenvalue weighted by atomic mass is 32.2. The maximum Gasteiger partial charge on any atom is 0.413 e. The fraction of sp³-hybridized carbons (Fsp3) is 0.556. The summed E-state index contributed by atoms with van der Waals surface area (Å²) in [5.74, 6) is -3.80. The maximum absolute atomic E-state index is 12.4. The number of nitrogens with two attached hydrogens (primary N) is 1. The average Bonchev–Trinajstić information content (AvgIpc) is 2.74. The average molecular weight is 477 g/mol. The standard InChI is InChI=1S/C18H28N4O9S/c1-4-8-31-21-13(17(27)30-5-2)10-32-9-12(15(24)22(3)18(28)29)20-14(23)7-6-11(19)16(25)26/h4,11-12H,1,5-10,19H2,2-3H3,(H,20,23)(H,25,26)(H,28,29). The number of carboxylic acid groups (broad SMARTS) is 2. The first-order valence-electron chi connectivity index (χ1n) is 9.37. The van der Waals surface area contributed by atoms with Crippen molar-refractivity contribution < 1.29 is 43.8 Å². The number of carbonyl (C=O) groups excluding carboxylic acids is 3. The molecule has 32 heavy (non-hydrogen) atoms. The van der Waals surface area contributed by atoms with Crippen LogP contribution in [0, 0.1) is 0 Å². The number of aliphatic carboxylic acids is 1. The number of nitrogens with one attached hydrogen (secondary N) is 1. The fourth-order valence-electron chi connectivity index (χ4n) is 1.96. The Hall–Kier alpha value is -3.13. The molecule has 13 nitrogen and oxygen atoms in total. The Morgan fingerprint density at radius 2 is 1.94 bits per heavy atom. The molecule has 2 atom stereocenters. The van der Waals surface area contributed by atoms with E-state index in [9.17, 15) is 24.0 Å². The summed E-state index contributed by atoms with van der Waals surface area (Å²) in [5, 5.41) is 23.8. The van der Waals surface area contributed by atoms with Gasteiger partial charge in [-0.1, -0.05) is 17.8 Å². The number of likely N-dealkylation sites (N-methyl/N-ethyl adjacent to an activating group) is 1. The number of imide groups is 1. The zero-order chi connectivity index (χ0) is 24.7. The highest BCUT2D eigenvalue weighted by Gasteiger charge is 2.28. The first-order valence-corrected chi connectivity index (χ1v) is 10.5. The highest BCUT2D eigenvalue weighted by Crippen LogP contribution is 2.09. The lowest BCUT2D eigenvalue weighted by atomic mass is 10.1. The molecule has 0 aliphatic carbocycles. The van der Waals surface area contributed by atoms with E-state index in [4.69, 9.17) is 25.5 Å². The number of oxime groups is 1. The molecule has 0 bridgehead atoms. The second kappa shape index (κ2) is 15.6. The summed E-state index contributed by atoms with van der Waals surface area (Å²) in [7, 11) is 1.02. The van der Waals surface area contributed by atoms with Crippen LogP contribution >= 0.6 is 11.8 Å². The summed E-state index contributed by atoms with van der Waals surface area (Å²) in [6.45, 7) is 5.21. The maximum atomic E-state index is 12.4. The molecule has 0 aromatic heterocycles. The topological polar surface area (TPSA) is 198 Å². The van der Waals surface area contributed by atoms with Crippen molar-refractivity contribution in [3.05, 3.63) is 12.7 Å². The van der Waals surface area contributed by atoms with Gasteiger partial charge < -0.3 is 30.8 Å². The van der Waals surface area contributed by atoms with Crippen molar-refractivity contribution in [1.29, 1.82) is 0 Å². The number of nitrogens with zero attached hydrogens (tertiary/aromatic N) is 2. The molecule has 3 amide bonds. The first kappa shape index (κ1) is 28.9. The molecule has 0 aliphatic rings. The number of ether oxygens (including phenoxy) is 1. The van der Waals surface area contributed by atoms with Gasteiger partial charge in [-0.2, -0.15) is 11.8 Å². The Bertz CT molecular complexity index is 729. The monoisotopic (exact) mass is 476 g/mol. The van der Waals surface area contributed by atoms with Crippen molar-refractivity contribution in [2.24, 2.45) is 10.9 Å². The second-order valence-electron chi connectivity index (χ2n) is 6.14. The smallest absolute Gasteiger partial charge is 0.413 e. The molecule has 0 rings (SSSR count). The molecule has 14 heteroatoms. The molecule has 180 valence electrons. The predicted molar refractivity (Wildman–Crippen MR) is 115 cm³/mol. The Morgan fingerprint density at radius 1 is 1.28 bits per heavy atom. The van der Waals surface area contributed by atoms with E-state index in [1.54, 1.807) is 6.92 Å². The van der Waals surface area contributed by atoms with Gasteiger partial charge in [-0.05, 0) is 13.3 Å². The predicted octanol–water partition coefficient (Wildman–Crippen LogP) is -0.345. The molecule has 0 aromatic rings. The van der Waals surface area contributed by atoms with Crippen molar-refractivity contribution in [3.63, 3.8) is 0 Å². The summed E-state index contributed by atoms with van der Waals surface area (Å²) in [6.07, 6.45) is -0.575. The van der Waals surface area contributed by atoms with Crippen LogP contribution in [-0.2, 0) is 28.8 Å². The minimum Gasteiger partial charge on any atom is -0.480 e. The van der Waals surface area contributed by atoms with E-state index in [0.29, 0.717) is 4.90 Å². The molecule has 0 fully saturated rings. The summed E-state index contributed by atoms with van der Waals surface area (Å²) in [6, 6.07) is -2.53. The summed E-state index contributed by atoms with van der Waals surface area (Å²) < 4.78 is 4.88. The van der Waals surface area contributed by atoms with Crippen LogP contribution in [0.4, 0.5) is 4.79 Å². The Labute approximate surface area is 188 Å². The number of thioether (sulfide) groups is 1. The van der Waals surface area contributed by atoms with Gasteiger partial charge in [-0.25, -0.2) is 14.5 Å². The van der Waals surface area contributed by atoms with Crippen LogP contribution in [0.1, 0.15) is 19.8 Å². The zero-order valence-electron chi connectivity index (χ0n) is 17.8. The molecule has 5 N–H and O–H groups in total. The lowest BCUT2D eigenvalue weighted by Crippen LogP contribution is -2.50. The minimum atomic E-state index is -1.53. The molecular weight excluding hydrogens is 448 g/mol. The van der Waals surface area contributed by atoms with E-state index < -0.39 is 41.9 Å². The number of carbonyl (C=O) groups is 5. The van der Waals surface area contributed by atoms with Gasteiger partial charge >= 0.3 is 18.0 Å². The molecule has 2 unspecified atom stereocenters. The van der Waals surface area contributed by atoms with E-state index in [0.717, 1.165) is 18.8 Å². The Kier molecular flexibility index (Phi) is 14.1. The number of hydrogen-bond donors (Lipinski definition) is 4. The molecule has 0 radical (unpaired) electrons. The quantitative estimate of drug-likeness (QED) is 0.0792. The van der Waals surface area contributed by atoms with E-state index in [1.165, 1.54) is 6.08 Å². The zero-order valence-corrected chi connectivity index (χ0v) is 18.6. The largest absolute Gasteiger partial charge is 0.480 e. The Balaban J connectivity index is 5.19. The molecule has 0 aliphatic heterocycles. The minimum absolute atomic E-state index is 0.0482. The van der Waals surface area contributed by atoms with Crippen LogP contribution < -0.4 is 11.1 Å². The van der Waals surface area contributed by atoms with Gasteiger partial charge in [0.1, 0.15) is 18.7 Å². The van der Waals surface area contributed by atoms with Crippen molar-refractivity contribution in [3.8, 4) is 0 Å². The third-order valence-electron chi connectivity index (χ3n) is 3.65. The fourth-order valence-corrected chi connectivity index (χ4v) is 2.90. The third-order valence-corrected chi connectivity index (χ3v) is 4.70. The van der Waals surface area contributed by atoms with Gasteiger partial charge in [0, 0.05) is 25.0 Å². The van der Waals surface area contributed by atoms with Crippen LogP contribution in [0.2, 0.25) is 0 Å². The van der Waals surface area contributed by atoms with Crippen LogP contribution in [0.5, 0.6) is 0 Å². The van der Waals surface area contributed by atoms with Crippen LogP contribution in [0.15, 0.2) is 17.8 Å². The molecule has 0 spiro atoms. The van der Waals surface area contributed by atoms with Gasteiger partial charge in [-0.3, -0.25) is 14.4 Å². The number of rotatable bonds is 15. The van der Waals surface area contributed by atoms with Crippen molar-refractivity contribution in [1.82, 2.24) is 10.2 Å². The molecular formula is C18H28N4O9S. The normalized spacial score (nSPS) is 12.8. The third kappa shape index (κ3) is 11.3. The summed E-state index contributed by atoms with van der Waals surface area (Å²) in [5.41, 5.74) is 5.26. The van der Waals surface area contributed by atoms with Crippen molar-refractivity contribution in [2.75, 3.05) is 31.8 Å². The number of amides is 3. The van der Waals surface area contributed by atoms with Gasteiger partial charge in [0.2, 0.25) is 5.91 Å². The van der Waals surface area contributed by atoms with E-state index in [2.05, 4.69) is 17.1 Å². The van der Waals surface area contributed by atoms with Crippen LogP contribution in [0.25, 0.3) is 0 Å². The SMILES string of the molecule is C=CCON=C(CSCC(NC(=O)CCC(N)C(=O)O)C(=O)N(C)C(=O)O)C(=O)OCC. The summed E-state index contributed by atoms with van der Waals surface area (Å²) >= 11 is 0.999. The summed E-state index contributed by atoms with van der Waals surface area (Å²) in [4.78, 5) is 63.7. The number of esters is 1. The second-order valence-corrected chi connectivity index (χ2v) is 7.17. The number of hydrogen-bond acceptors (Lipinski definition) is 10. The highest BCUT2D eigenvalue weighted by molar-refractivity contribution is 8.00. The van der Waals surface area contributed by atoms with E-state index in [-0.39, 0.29) is 43.3 Å². The molecule has 0 saturated carbocycles. The van der Waals surface area contributed by atoms with Crippen LogP contribution in [-0.4, -0.2) is 94.5 Å². The lowest BCUT2D eigenvalue weighted by Gasteiger charge is -2.21. The van der Waals surface area contributed by atoms with Gasteiger partial charge in [0.25, 0.3) is 5.91 Å². The van der Waals surface area contributed by atoms with Gasteiger partial charge in [-0.15, -0.1) is 0 Å². The van der Waals surface area contributed by atoms with Gasteiger partial charge in [0.15, 0.2) is 5.71 Å².